The first-order valence-electron chi connectivity index (χ1n) is 5.74. The van der Waals surface area contributed by atoms with E-state index in [1.165, 1.54) is 6.42 Å². The summed E-state index contributed by atoms with van der Waals surface area (Å²) in [7, 11) is 0. The lowest BCUT2D eigenvalue weighted by molar-refractivity contribution is -0.0885. The minimum Gasteiger partial charge on any atom is -0.392 e. The third-order valence-electron chi connectivity index (χ3n) is 4.10. The zero-order valence-electron chi connectivity index (χ0n) is 8.74. The molecule has 2 aliphatic rings. The second-order valence-electron chi connectivity index (χ2n) is 4.81. The molecule has 14 heavy (non-hydrogen) atoms. The van der Waals surface area contributed by atoms with E-state index in [2.05, 4.69) is 0 Å². The van der Waals surface area contributed by atoms with E-state index in [1.807, 2.05) is 0 Å². The van der Waals surface area contributed by atoms with Crippen molar-refractivity contribution in [2.24, 2.45) is 17.1 Å². The molecule has 1 heterocycles. The Kier molecular flexibility index (Phi) is 3.10. The van der Waals surface area contributed by atoms with E-state index >= 15 is 0 Å². The Morgan fingerprint density at radius 1 is 1.36 bits per heavy atom. The van der Waals surface area contributed by atoms with Crippen LogP contribution in [0.25, 0.3) is 0 Å². The average molecular weight is 199 g/mol. The molecule has 82 valence electrons. The molecule has 1 unspecified atom stereocenters. The zero-order chi connectivity index (χ0) is 10.0. The molecule has 0 amide bonds. The summed E-state index contributed by atoms with van der Waals surface area (Å²) in [6.07, 6.45) is 5.28. The van der Waals surface area contributed by atoms with Crippen molar-refractivity contribution >= 4 is 0 Å². The summed E-state index contributed by atoms with van der Waals surface area (Å²) in [6.45, 7) is 2.26. The van der Waals surface area contributed by atoms with Crippen molar-refractivity contribution in [1.82, 2.24) is 0 Å². The third kappa shape index (κ3) is 1.69. The molecule has 1 aliphatic heterocycles. The predicted molar refractivity (Wildman–Crippen MR) is 54.9 cm³/mol. The molecular weight excluding hydrogens is 178 g/mol. The van der Waals surface area contributed by atoms with E-state index in [-0.39, 0.29) is 11.5 Å². The van der Waals surface area contributed by atoms with Gasteiger partial charge in [-0.1, -0.05) is 6.42 Å². The van der Waals surface area contributed by atoms with Crippen molar-refractivity contribution in [3.63, 3.8) is 0 Å². The van der Waals surface area contributed by atoms with Crippen LogP contribution >= 0.6 is 0 Å². The van der Waals surface area contributed by atoms with Gasteiger partial charge in [-0.2, -0.15) is 0 Å². The van der Waals surface area contributed by atoms with E-state index in [0.29, 0.717) is 12.5 Å². The highest BCUT2D eigenvalue weighted by molar-refractivity contribution is 4.97. The SMILES string of the molecule is NCC1(C(O)C2CCOCC2)CCC1. The van der Waals surface area contributed by atoms with Crippen molar-refractivity contribution in [3.05, 3.63) is 0 Å². The quantitative estimate of drug-likeness (QED) is 0.710. The Hall–Kier alpha value is -0.120. The summed E-state index contributed by atoms with van der Waals surface area (Å²) in [6, 6.07) is 0. The van der Waals surface area contributed by atoms with Gasteiger partial charge < -0.3 is 15.6 Å². The monoisotopic (exact) mass is 199 g/mol. The van der Waals surface area contributed by atoms with Gasteiger partial charge in [-0.25, -0.2) is 0 Å². The summed E-state index contributed by atoms with van der Waals surface area (Å²) >= 11 is 0. The maximum absolute atomic E-state index is 10.3. The Labute approximate surface area is 85.6 Å². The first-order valence-corrected chi connectivity index (χ1v) is 5.74. The molecule has 0 aromatic heterocycles. The minimum absolute atomic E-state index is 0.0575. The van der Waals surface area contributed by atoms with Crippen LogP contribution < -0.4 is 5.73 Å². The van der Waals surface area contributed by atoms with Gasteiger partial charge in [0.15, 0.2) is 0 Å². The summed E-state index contributed by atoms with van der Waals surface area (Å²) < 4.78 is 5.31. The van der Waals surface area contributed by atoms with Crippen LogP contribution in [0.3, 0.4) is 0 Å². The lowest BCUT2D eigenvalue weighted by atomic mass is 9.61. The molecule has 2 rings (SSSR count). The number of hydrogen-bond donors (Lipinski definition) is 2. The molecule has 0 aromatic carbocycles. The van der Waals surface area contributed by atoms with Gasteiger partial charge in [0.2, 0.25) is 0 Å². The van der Waals surface area contributed by atoms with Crippen LogP contribution in [0.4, 0.5) is 0 Å². The Morgan fingerprint density at radius 2 is 2.00 bits per heavy atom. The number of ether oxygens (including phenoxy) is 1. The lowest BCUT2D eigenvalue weighted by Crippen LogP contribution is -2.51. The second-order valence-corrected chi connectivity index (χ2v) is 4.81. The van der Waals surface area contributed by atoms with E-state index in [4.69, 9.17) is 10.5 Å². The minimum atomic E-state index is -0.190. The highest BCUT2D eigenvalue weighted by atomic mass is 16.5. The normalized spacial score (nSPS) is 29.6. The third-order valence-corrected chi connectivity index (χ3v) is 4.10. The molecule has 0 radical (unpaired) electrons. The highest BCUT2D eigenvalue weighted by Crippen LogP contribution is 2.46. The fourth-order valence-electron chi connectivity index (χ4n) is 2.78. The summed E-state index contributed by atoms with van der Waals surface area (Å²) in [4.78, 5) is 0. The molecule has 0 spiro atoms. The standard InChI is InChI=1S/C11H21NO2/c12-8-11(4-1-5-11)10(13)9-2-6-14-7-3-9/h9-10,13H,1-8,12H2. The first-order chi connectivity index (χ1) is 6.78. The smallest absolute Gasteiger partial charge is 0.0638 e. The molecule has 1 saturated carbocycles. The molecule has 0 bridgehead atoms. The molecule has 1 aliphatic carbocycles. The van der Waals surface area contributed by atoms with E-state index < -0.39 is 0 Å². The van der Waals surface area contributed by atoms with Gasteiger partial charge in [0.1, 0.15) is 0 Å². The van der Waals surface area contributed by atoms with E-state index in [0.717, 1.165) is 38.9 Å². The van der Waals surface area contributed by atoms with Gasteiger partial charge >= 0.3 is 0 Å². The molecule has 1 saturated heterocycles. The Bertz CT molecular complexity index is 180. The topological polar surface area (TPSA) is 55.5 Å². The van der Waals surface area contributed by atoms with Crippen LogP contribution in [-0.2, 0) is 4.74 Å². The van der Waals surface area contributed by atoms with Crippen molar-refractivity contribution in [3.8, 4) is 0 Å². The summed E-state index contributed by atoms with van der Waals surface area (Å²) in [5.74, 6) is 0.424. The maximum atomic E-state index is 10.3. The lowest BCUT2D eigenvalue weighted by Gasteiger charge is -2.48. The predicted octanol–water partition coefficient (Wildman–Crippen LogP) is 0.903. The van der Waals surface area contributed by atoms with Crippen LogP contribution in [0.1, 0.15) is 32.1 Å². The Morgan fingerprint density at radius 3 is 2.43 bits per heavy atom. The largest absolute Gasteiger partial charge is 0.392 e. The fraction of sp³-hybridized carbons (Fsp3) is 1.00. The number of nitrogens with two attached hydrogens (primary N) is 1. The second kappa shape index (κ2) is 4.17. The zero-order valence-corrected chi connectivity index (χ0v) is 8.74. The number of aliphatic hydroxyl groups is 1. The van der Waals surface area contributed by atoms with Gasteiger partial charge in [-0.3, -0.25) is 0 Å². The van der Waals surface area contributed by atoms with Gasteiger partial charge in [-0.15, -0.1) is 0 Å². The first kappa shape index (κ1) is 10.4. The van der Waals surface area contributed by atoms with Gasteiger partial charge in [0.05, 0.1) is 6.10 Å². The van der Waals surface area contributed by atoms with Crippen LogP contribution in [0.5, 0.6) is 0 Å². The molecule has 3 nitrogen and oxygen atoms in total. The van der Waals surface area contributed by atoms with Crippen LogP contribution in [0.15, 0.2) is 0 Å². The molecule has 1 atom stereocenters. The fourth-order valence-corrected chi connectivity index (χ4v) is 2.78. The van der Waals surface area contributed by atoms with E-state index in [1.54, 1.807) is 0 Å². The van der Waals surface area contributed by atoms with Crippen molar-refractivity contribution < 1.29 is 9.84 Å². The highest BCUT2D eigenvalue weighted by Gasteiger charge is 2.45. The molecule has 2 fully saturated rings. The number of hydrogen-bond acceptors (Lipinski definition) is 3. The summed E-state index contributed by atoms with van der Waals surface area (Å²) in [5.41, 5.74) is 5.84. The van der Waals surface area contributed by atoms with Crippen LogP contribution in [-0.4, -0.2) is 31.0 Å². The number of rotatable bonds is 3. The van der Waals surface area contributed by atoms with Gasteiger partial charge in [0, 0.05) is 25.2 Å². The molecule has 0 aromatic rings. The Balaban J connectivity index is 1.94. The van der Waals surface area contributed by atoms with Crippen LogP contribution in [0, 0.1) is 11.3 Å². The van der Waals surface area contributed by atoms with Crippen LogP contribution in [0.2, 0.25) is 0 Å². The van der Waals surface area contributed by atoms with Crippen molar-refractivity contribution in [1.29, 1.82) is 0 Å². The van der Waals surface area contributed by atoms with Crippen molar-refractivity contribution in [2.75, 3.05) is 19.8 Å². The summed E-state index contributed by atoms with van der Waals surface area (Å²) in [5, 5.41) is 10.3. The molecule has 3 heteroatoms. The van der Waals surface area contributed by atoms with Gasteiger partial charge in [-0.05, 0) is 31.6 Å². The molecular formula is C11H21NO2. The van der Waals surface area contributed by atoms with Gasteiger partial charge in [0.25, 0.3) is 0 Å². The molecule has 3 N–H and O–H groups in total. The van der Waals surface area contributed by atoms with E-state index in [9.17, 15) is 5.11 Å². The number of aliphatic hydroxyl groups excluding tert-OH is 1. The maximum Gasteiger partial charge on any atom is 0.0638 e. The van der Waals surface area contributed by atoms with Crippen molar-refractivity contribution in [2.45, 2.75) is 38.2 Å². The average Bonchev–Trinajstić information content (AvgIpc) is 2.18.